The first-order valence-corrected chi connectivity index (χ1v) is 6.33. The van der Waals surface area contributed by atoms with Gasteiger partial charge in [0.05, 0.1) is 13.2 Å². The first-order valence-electron chi connectivity index (χ1n) is 6.33. The van der Waals surface area contributed by atoms with Crippen molar-refractivity contribution in [1.82, 2.24) is 0 Å². The number of hydrogen-bond donors (Lipinski definition) is 1. The standard InChI is InChI=1S/C14H19NO2/c1-14(5-7-16-9-14)10-17-12-3-2-11-4-6-15-13(11)8-12/h2-3,8,15H,4-7,9-10H2,1H3. The second-order valence-electron chi connectivity index (χ2n) is 5.40. The van der Waals surface area contributed by atoms with Gasteiger partial charge in [0.15, 0.2) is 0 Å². The Labute approximate surface area is 102 Å². The fourth-order valence-electron chi connectivity index (χ4n) is 2.44. The third-order valence-corrected chi connectivity index (χ3v) is 3.68. The van der Waals surface area contributed by atoms with Crippen LogP contribution in [0.1, 0.15) is 18.9 Å². The summed E-state index contributed by atoms with van der Waals surface area (Å²) in [7, 11) is 0. The zero-order chi connectivity index (χ0) is 11.7. The van der Waals surface area contributed by atoms with Crippen LogP contribution < -0.4 is 10.1 Å². The van der Waals surface area contributed by atoms with Crippen LogP contribution in [-0.4, -0.2) is 26.4 Å². The molecule has 0 radical (unpaired) electrons. The summed E-state index contributed by atoms with van der Waals surface area (Å²) in [6.07, 6.45) is 2.22. The number of anilines is 1. The highest BCUT2D eigenvalue weighted by Gasteiger charge is 2.30. The molecule has 1 saturated heterocycles. The number of hydrogen-bond acceptors (Lipinski definition) is 3. The van der Waals surface area contributed by atoms with Gasteiger partial charge in [-0.05, 0) is 24.5 Å². The Morgan fingerprint density at radius 2 is 2.41 bits per heavy atom. The molecular weight excluding hydrogens is 214 g/mol. The minimum absolute atomic E-state index is 0.187. The van der Waals surface area contributed by atoms with E-state index < -0.39 is 0 Å². The maximum absolute atomic E-state index is 5.90. The minimum Gasteiger partial charge on any atom is -0.493 e. The van der Waals surface area contributed by atoms with Crippen LogP contribution in [0.25, 0.3) is 0 Å². The van der Waals surface area contributed by atoms with E-state index in [2.05, 4.69) is 30.4 Å². The van der Waals surface area contributed by atoms with Gasteiger partial charge < -0.3 is 14.8 Å². The molecule has 92 valence electrons. The van der Waals surface area contributed by atoms with E-state index in [4.69, 9.17) is 9.47 Å². The number of fused-ring (bicyclic) bond motifs is 1. The summed E-state index contributed by atoms with van der Waals surface area (Å²) in [4.78, 5) is 0. The van der Waals surface area contributed by atoms with Crippen molar-refractivity contribution in [2.75, 3.05) is 31.7 Å². The summed E-state index contributed by atoms with van der Waals surface area (Å²) < 4.78 is 11.3. The molecule has 0 aromatic heterocycles. The topological polar surface area (TPSA) is 30.5 Å². The summed E-state index contributed by atoms with van der Waals surface area (Å²) in [5, 5.41) is 3.37. The third kappa shape index (κ3) is 2.25. The smallest absolute Gasteiger partial charge is 0.121 e. The van der Waals surface area contributed by atoms with Crippen LogP contribution in [-0.2, 0) is 11.2 Å². The summed E-state index contributed by atoms with van der Waals surface area (Å²) in [6, 6.07) is 6.35. The fraction of sp³-hybridized carbons (Fsp3) is 0.571. The average Bonchev–Trinajstić information content (AvgIpc) is 2.95. The third-order valence-electron chi connectivity index (χ3n) is 3.68. The van der Waals surface area contributed by atoms with E-state index in [0.29, 0.717) is 0 Å². The maximum Gasteiger partial charge on any atom is 0.121 e. The van der Waals surface area contributed by atoms with Gasteiger partial charge in [-0.3, -0.25) is 0 Å². The molecular formula is C14H19NO2. The lowest BCUT2D eigenvalue weighted by Gasteiger charge is -2.22. The van der Waals surface area contributed by atoms with E-state index in [0.717, 1.165) is 45.0 Å². The molecule has 0 aliphatic carbocycles. The van der Waals surface area contributed by atoms with Crippen molar-refractivity contribution in [2.24, 2.45) is 5.41 Å². The molecule has 17 heavy (non-hydrogen) atoms. The highest BCUT2D eigenvalue weighted by molar-refractivity contribution is 5.58. The predicted octanol–water partition coefficient (Wildman–Crippen LogP) is 2.46. The molecule has 3 heteroatoms. The van der Waals surface area contributed by atoms with E-state index in [1.807, 2.05) is 0 Å². The van der Waals surface area contributed by atoms with Gasteiger partial charge in [0.25, 0.3) is 0 Å². The van der Waals surface area contributed by atoms with Gasteiger partial charge >= 0.3 is 0 Å². The van der Waals surface area contributed by atoms with Gasteiger partial charge in [-0.2, -0.15) is 0 Å². The van der Waals surface area contributed by atoms with E-state index >= 15 is 0 Å². The van der Waals surface area contributed by atoms with E-state index in [1.54, 1.807) is 0 Å². The Balaban J connectivity index is 1.65. The zero-order valence-corrected chi connectivity index (χ0v) is 10.3. The van der Waals surface area contributed by atoms with Crippen LogP contribution in [0.4, 0.5) is 5.69 Å². The van der Waals surface area contributed by atoms with Crippen molar-refractivity contribution in [1.29, 1.82) is 0 Å². The first kappa shape index (κ1) is 10.9. The van der Waals surface area contributed by atoms with E-state index in [9.17, 15) is 0 Å². The van der Waals surface area contributed by atoms with Crippen LogP contribution in [0.3, 0.4) is 0 Å². The van der Waals surface area contributed by atoms with Gasteiger partial charge in [-0.1, -0.05) is 13.0 Å². The molecule has 3 rings (SSSR count). The van der Waals surface area contributed by atoms with Crippen molar-refractivity contribution in [3.05, 3.63) is 23.8 Å². The van der Waals surface area contributed by atoms with Gasteiger partial charge in [-0.15, -0.1) is 0 Å². The van der Waals surface area contributed by atoms with Crippen LogP contribution >= 0.6 is 0 Å². The summed E-state index contributed by atoms with van der Waals surface area (Å²) in [6.45, 7) is 5.70. The molecule has 0 amide bonds. The highest BCUT2D eigenvalue weighted by atomic mass is 16.5. The van der Waals surface area contributed by atoms with Crippen LogP contribution in [0.5, 0.6) is 5.75 Å². The van der Waals surface area contributed by atoms with Crippen molar-refractivity contribution in [3.63, 3.8) is 0 Å². The molecule has 1 aromatic carbocycles. The van der Waals surface area contributed by atoms with E-state index in [-0.39, 0.29) is 5.41 Å². The van der Waals surface area contributed by atoms with Gasteiger partial charge in [0.1, 0.15) is 5.75 Å². The Morgan fingerprint density at radius 1 is 1.47 bits per heavy atom. The Hall–Kier alpha value is -1.22. The normalized spacial score (nSPS) is 26.6. The minimum atomic E-state index is 0.187. The molecule has 3 nitrogen and oxygen atoms in total. The summed E-state index contributed by atoms with van der Waals surface area (Å²) in [5.41, 5.74) is 2.81. The lowest BCUT2D eigenvalue weighted by molar-refractivity contribution is 0.118. The van der Waals surface area contributed by atoms with Crippen LogP contribution in [0.15, 0.2) is 18.2 Å². The number of benzene rings is 1. The molecule has 1 atom stereocenters. The SMILES string of the molecule is CC1(COc2ccc3c(c2)NCC3)CCOC1. The Kier molecular flexibility index (Phi) is 2.71. The fourth-order valence-corrected chi connectivity index (χ4v) is 2.44. The molecule has 0 spiro atoms. The van der Waals surface area contributed by atoms with Gasteiger partial charge in [-0.25, -0.2) is 0 Å². The Morgan fingerprint density at radius 3 is 3.24 bits per heavy atom. The zero-order valence-electron chi connectivity index (χ0n) is 10.3. The molecule has 0 bridgehead atoms. The monoisotopic (exact) mass is 233 g/mol. The molecule has 1 aromatic rings. The van der Waals surface area contributed by atoms with Crippen molar-refractivity contribution in [2.45, 2.75) is 19.8 Å². The second kappa shape index (κ2) is 4.22. The lowest BCUT2D eigenvalue weighted by atomic mass is 9.91. The number of rotatable bonds is 3. The van der Waals surface area contributed by atoms with Crippen molar-refractivity contribution in [3.8, 4) is 5.75 Å². The van der Waals surface area contributed by atoms with Gasteiger partial charge in [0, 0.05) is 30.3 Å². The molecule has 1 N–H and O–H groups in total. The first-order chi connectivity index (χ1) is 8.25. The highest BCUT2D eigenvalue weighted by Crippen LogP contribution is 2.31. The van der Waals surface area contributed by atoms with Crippen LogP contribution in [0, 0.1) is 5.41 Å². The molecule has 1 fully saturated rings. The maximum atomic E-state index is 5.90. The second-order valence-corrected chi connectivity index (χ2v) is 5.40. The number of ether oxygens (including phenoxy) is 2. The molecule has 2 heterocycles. The molecule has 0 saturated carbocycles. The molecule has 1 unspecified atom stereocenters. The predicted molar refractivity (Wildman–Crippen MR) is 67.7 cm³/mol. The molecule has 2 aliphatic rings. The van der Waals surface area contributed by atoms with E-state index in [1.165, 1.54) is 11.3 Å². The van der Waals surface area contributed by atoms with Gasteiger partial charge in [0.2, 0.25) is 0 Å². The average molecular weight is 233 g/mol. The quantitative estimate of drug-likeness (QED) is 0.870. The summed E-state index contributed by atoms with van der Waals surface area (Å²) >= 11 is 0. The summed E-state index contributed by atoms with van der Waals surface area (Å²) in [5.74, 6) is 0.964. The van der Waals surface area contributed by atoms with Crippen molar-refractivity contribution < 1.29 is 9.47 Å². The molecule has 2 aliphatic heterocycles. The van der Waals surface area contributed by atoms with Crippen molar-refractivity contribution >= 4 is 5.69 Å². The largest absolute Gasteiger partial charge is 0.493 e. The lowest BCUT2D eigenvalue weighted by Crippen LogP contribution is -2.25. The number of nitrogens with one attached hydrogen (secondary N) is 1. The van der Waals surface area contributed by atoms with Crippen LogP contribution in [0.2, 0.25) is 0 Å². The Bertz CT molecular complexity index is 411.